The zero-order valence-corrected chi connectivity index (χ0v) is 39.0. The molecule has 0 N–H and O–H groups in total. The van der Waals surface area contributed by atoms with Gasteiger partial charge in [0.2, 0.25) is 0 Å². The van der Waals surface area contributed by atoms with E-state index in [1.807, 2.05) is 24.5 Å². The molecule has 66 heavy (non-hydrogen) atoms. The Morgan fingerprint density at radius 1 is 0.439 bits per heavy atom. The maximum absolute atomic E-state index is 6.79. The van der Waals surface area contributed by atoms with Gasteiger partial charge in [-0.05, 0) is 127 Å². The summed E-state index contributed by atoms with van der Waals surface area (Å²) in [6.07, 6.45) is 9.52. The second-order valence-corrected chi connectivity index (χ2v) is 19.2. The first-order valence-electron chi connectivity index (χ1n) is 23.1. The third-order valence-corrected chi connectivity index (χ3v) is 14.1. The molecular weight excluding hydrogens is 803 g/mol. The maximum Gasteiger partial charge on any atom is 0.494 e. The summed E-state index contributed by atoms with van der Waals surface area (Å²) in [7, 11) is -0.518. The van der Waals surface area contributed by atoms with Crippen LogP contribution in [0, 0.1) is 13.8 Å². The van der Waals surface area contributed by atoms with Crippen LogP contribution in [0.4, 0.5) is 0 Å². The highest BCUT2D eigenvalue weighted by atomic mass is 16.7. The fraction of sp³-hybridized carbons (Fsp3) is 0.180. The first-order chi connectivity index (χ1) is 31.9. The van der Waals surface area contributed by atoms with Gasteiger partial charge in [-0.15, -0.1) is 0 Å². The van der Waals surface area contributed by atoms with Crippen LogP contribution in [-0.4, -0.2) is 28.3 Å². The van der Waals surface area contributed by atoms with Gasteiger partial charge in [-0.2, -0.15) is 0 Å². The summed E-state index contributed by atoms with van der Waals surface area (Å²) in [5.74, 6) is 0. The lowest BCUT2D eigenvalue weighted by Gasteiger charge is -2.35. The predicted octanol–water partition coefficient (Wildman–Crippen LogP) is 15.4. The van der Waals surface area contributed by atoms with Crippen molar-refractivity contribution in [2.45, 2.75) is 71.5 Å². The maximum atomic E-state index is 6.79. The van der Waals surface area contributed by atoms with Crippen molar-refractivity contribution in [1.82, 2.24) is 9.97 Å². The third-order valence-electron chi connectivity index (χ3n) is 14.1. The zero-order valence-electron chi connectivity index (χ0n) is 39.0. The number of rotatable bonds is 9. The second kappa shape index (κ2) is 17.1. The lowest BCUT2D eigenvalue weighted by molar-refractivity contribution is 0.00578. The zero-order chi connectivity index (χ0) is 45.6. The minimum atomic E-state index is -0.518. The first kappa shape index (κ1) is 43.0. The van der Waals surface area contributed by atoms with Crippen LogP contribution in [0.2, 0.25) is 0 Å². The molecule has 1 unspecified atom stereocenters. The van der Waals surface area contributed by atoms with Crippen molar-refractivity contribution < 1.29 is 9.31 Å². The lowest BCUT2D eigenvalue weighted by Crippen LogP contribution is -2.41. The summed E-state index contributed by atoms with van der Waals surface area (Å²) < 4.78 is 13.6. The molecule has 8 aromatic rings. The summed E-state index contributed by atoms with van der Waals surface area (Å²) in [6.45, 7) is 15.2. The highest BCUT2D eigenvalue weighted by Crippen LogP contribution is 2.49. The lowest BCUT2D eigenvalue weighted by atomic mass is 9.63. The number of benzene rings is 6. The molecule has 2 aliphatic rings. The van der Waals surface area contributed by atoms with Gasteiger partial charge >= 0.3 is 7.12 Å². The van der Waals surface area contributed by atoms with Gasteiger partial charge in [0.25, 0.3) is 0 Å². The molecule has 0 saturated carbocycles. The average molecular weight is 859 g/mol. The standard InChI is InChI=1S/C61H55BN2O2/c1-41-34-57(63-39-54(41)43-18-10-8-11-19-43)47-30-26-45(27-31-47)51-22-14-15-23-52(51)49-36-50(62-65-59(3,4)60(5,6)66-62)38-61(7,37-49)56-25-17-16-24-53(56)46-28-32-48(33-29-46)58-35-42(2)55(40-64-58)44-20-12-9-13-21-44/h8-36,38-40H,37H2,1-7H3. The van der Waals surface area contributed by atoms with E-state index in [1.54, 1.807) is 0 Å². The molecule has 1 aliphatic heterocycles. The second-order valence-electron chi connectivity index (χ2n) is 19.2. The fourth-order valence-electron chi connectivity index (χ4n) is 9.73. The highest BCUT2D eigenvalue weighted by molar-refractivity contribution is 6.56. The van der Waals surface area contributed by atoms with E-state index >= 15 is 0 Å². The number of aromatic nitrogens is 2. The van der Waals surface area contributed by atoms with Crippen molar-refractivity contribution in [1.29, 1.82) is 0 Å². The number of aryl methyl sites for hydroxylation is 2. The van der Waals surface area contributed by atoms with Crippen LogP contribution in [-0.2, 0) is 14.7 Å². The topological polar surface area (TPSA) is 44.2 Å². The predicted molar refractivity (Wildman–Crippen MR) is 275 cm³/mol. The molecule has 1 atom stereocenters. The molecule has 6 aromatic carbocycles. The molecule has 0 amide bonds. The molecule has 1 fully saturated rings. The Morgan fingerprint density at radius 3 is 1.35 bits per heavy atom. The van der Waals surface area contributed by atoms with E-state index in [2.05, 4.69) is 218 Å². The summed E-state index contributed by atoms with van der Waals surface area (Å²) >= 11 is 0. The van der Waals surface area contributed by atoms with Crippen LogP contribution < -0.4 is 0 Å². The smallest absolute Gasteiger partial charge is 0.399 e. The first-order valence-corrected chi connectivity index (χ1v) is 23.1. The van der Waals surface area contributed by atoms with E-state index in [-0.39, 0.29) is 0 Å². The molecule has 1 aliphatic carbocycles. The Morgan fingerprint density at radius 2 is 0.848 bits per heavy atom. The van der Waals surface area contributed by atoms with E-state index in [0.717, 1.165) is 56.7 Å². The van der Waals surface area contributed by atoms with Gasteiger partial charge in [0, 0.05) is 40.1 Å². The summed E-state index contributed by atoms with van der Waals surface area (Å²) in [5, 5.41) is 0. The minimum Gasteiger partial charge on any atom is -0.399 e. The van der Waals surface area contributed by atoms with Gasteiger partial charge in [-0.3, -0.25) is 9.97 Å². The quantitative estimate of drug-likeness (QED) is 0.136. The Labute approximate surface area is 390 Å². The molecule has 0 spiro atoms. The molecule has 0 radical (unpaired) electrons. The van der Waals surface area contributed by atoms with E-state index in [9.17, 15) is 0 Å². The van der Waals surface area contributed by atoms with Gasteiger partial charge in [0.05, 0.1) is 22.6 Å². The molecule has 2 aromatic heterocycles. The number of allylic oxidation sites excluding steroid dienone is 4. The fourth-order valence-corrected chi connectivity index (χ4v) is 9.73. The Hall–Kier alpha value is -6.92. The summed E-state index contributed by atoms with van der Waals surface area (Å²) in [4.78, 5) is 9.83. The van der Waals surface area contributed by atoms with Gasteiger partial charge in [0.1, 0.15) is 0 Å². The van der Waals surface area contributed by atoms with Crippen LogP contribution in [0.3, 0.4) is 0 Å². The minimum absolute atomic E-state index is 0.406. The number of nitrogens with zero attached hydrogens (tertiary/aromatic N) is 2. The molecular formula is C61H55BN2O2. The van der Waals surface area contributed by atoms with E-state index in [0.29, 0.717) is 0 Å². The van der Waals surface area contributed by atoms with Gasteiger partial charge in [-0.25, -0.2) is 0 Å². The largest absolute Gasteiger partial charge is 0.494 e. The van der Waals surface area contributed by atoms with Crippen molar-refractivity contribution in [3.63, 3.8) is 0 Å². The number of hydrogen-bond donors (Lipinski definition) is 0. The van der Waals surface area contributed by atoms with Crippen molar-refractivity contribution in [3.05, 3.63) is 222 Å². The summed E-state index contributed by atoms with van der Waals surface area (Å²) in [5.41, 5.74) is 19.2. The highest BCUT2D eigenvalue weighted by Gasteiger charge is 2.53. The third kappa shape index (κ3) is 8.19. The van der Waals surface area contributed by atoms with Gasteiger partial charge in [0.15, 0.2) is 0 Å². The Bertz CT molecular complexity index is 3120. The molecule has 5 heteroatoms. The van der Waals surface area contributed by atoms with Crippen LogP contribution in [0.15, 0.2) is 200 Å². The van der Waals surface area contributed by atoms with Gasteiger partial charge in [-0.1, -0.05) is 177 Å². The van der Waals surface area contributed by atoms with E-state index in [1.165, 1.54) is 50.1 Å². The molecule has 0 bridgehead atoms. The van der Waals surface area contributed by atoms with Crippen LogP contribution in [0.1, 0.15) is 63.3 Å². The van der Waals surface area contributed by atoms with Crippen molar-refractivity contribution >= 4 is 12.7 Å². The monoisotopic (exact) mass is 858 g/mol. The van der Waals surface area contributed by atoms with Crippen molar-refractivity contribution in [2.24, 2.45) is 0 Å². The average Bonchev–Trinajstić information content (AvgIpc) is 3.57. The van der Waals surface area contributed by atoms with Crippen LogP contribution >= 0.6 is 0 Å². The molecule has 324 valence electrons. The normalized spacial score (nSPS) is 17.6. The van der Waals surface area contributed by atoms with Crippen molar-refractivity contribution in [2.75, 3.05) is 0 Å². The Kier molecular flexibility index (Phi) is 11.2. The van der Waals surface area contributed by atoms with Crippen LogP contribution in [0.25, 0.3) is 72.6 Å². The SMILES string of the molecule is Cc1cc(-c2ccc(-c3ccccc3C3=CC(B4OC(C)(C)C(C)(C)O4)=CC(C)(c4ccccc4-c4ccc(-c5cc(C)c(-c6ccccc6)cn5)cc4)C3)cc2)ncc1-c1ccccc1. The van der Waals surface area contributed by atoms with Crippen LogP contribution in [0.5, 0.6) is 0 Å². The molecule has 1 saturated heterocycles. The van der Waals surface area contributed by atoms with Gasteiger partial charge < -0.3 is 9.31 Å². The summed E-state index contributed by atoms with van der Waals surface area (Å²) in [6, 6.07) is 60.7. The van der Waals surface area contributed by atoms with Crippen molar-refractivity contribution in [3.8, 4) is 67.0 Å². The Balaban J connectivity index is 0.994. The molecule has 10 rings (SSSR count). The van der Waals surface area contributed by atoms with E-state index < -0.39 is 23.7 Å². The van der Waals surface area contributed by atoms with E-state index in [4.69, 9.17) is 19.3 Å². The number of pyridine rings is 2. The molecule has 4 nitrogen and oxygen atoms in total. The number of hydrogen-bond acceptors (Lipinski definition) is 4. The molecule has 3 heterocycles.